The van der Waals surface area contributed by atoms with Crippen LogP contribution in [0.2, 0.25) is 0 Å². The second-order valence-electron chi connectivity index (χ2n) is 25.3. The van der Waals surface area contributed by atoms with Crippen LogP contribution in [0, 0.1) is 0 Å². The molecule has 0 aromatic rings. The van der Waals surface area contributed by atoms with Gasteiger partial charge >= 0.3 is 0 Å². The van der Waals surface area contributed by atoms with Crippen molar-refractivity contribution in [1.29, 1.82) is 0 Å². The third-order valence-corrected chi connectivity index (χ3v) is 17.3. The number of ether oxygens (including phenoxy) is 4. The summed E-state index contributed by atoms with van der Waals surface area (Å²) in [6.07, 6.45) is 64.9. The van der Waals surface area contributed by atoms with Crippen molar-refractivity contribution in [3.63, 3.8) is 0 Å². The maximum atomic E-state index is 13.3. The van der Waals surface area contributed by atoms with Crippen LogP contribution in [0.4, 0.5) is 0 Å². The topological polar surface area (TPSA) is 228 Å². The Labute approximate surface area is 541 Å². The van der Waals surface area contributed by atoms with Crippen LogP contribution in [-0.4, -0.2) is 140 Å². The number of amides is 1. The number of unbranched alkanes of at least 4 members (excludes halogenated alkanes) is 34. The minimum Gasteiger partial charge on any atom is -0.394 e. The fourth-order valence-corrected chi connectivity index (χ4v) is 11.6. The predicted molar refractivity (Wildman–Crippen MR) is 364 cm³/mol. The molecule has 0 aromatic carbocycles. The lowest BCUT2D eigenvalue weighted by Crippen LogP contribution is -2.65. The maximum absolute atomic E-state index is 13.3. The third kappa shape index (κ3) is 42.9. The van der Waals surface area contributed by atoms with E-state index in [-0.39, 0.29) is 18.9 Å². The summed E-state index contributed by atoms with van der Waals surface area (Å²) in [4.78, 5) is 13.3. The molecule has 2 aliphatic heterocycles. The molecule has 14 heteroatoms. The standard InChI is InChI=1S/C75H133NO13/c1-3-5-7-9-11-13-15-17-19-21-23-25-27-29-30-31-32-33-35-36-38-40-42-44-46-48-50-52-54-56-58-64(79)63(62-86-74-72(85)70(83)73(66(61-78)88-74)89-75-71(84)69(82)68(81)65(60-77)87-75)76-67(80)59-57-55-53-51-49-47-45-43-41-39-37-34-28-26-24-22-20-18-16-14-12-10-8-6-4-2/h6,8,12,14,18,20,24,26,34,37,41,43,56,58,63-66,68-75,77-79,81-85H,3-5,7,9-11,13,15-17,19,21-23,25,27-33,35-36,38-40,42,44-55,57,59-62H2,1-2H3,(H,76,80)/b8-6-,14-12-,20-18-,26-24-,37-34-,43-41-,58-56+. The van der Waals surface area contributed by atoms with E-state index in [4.69, 9.17) is 18.9 Å². The zero-order chi connectivity index (χ0) is 64.5. The van der Waals surface area contributed by atoms with E-state index in [0.717, 1.165) is 96.3 Å². The van der Waals surface area contributed by atoms with Crippen molar-refractivity contribution in [3.8, 4) is 0 Å². The average molecular weight is 1260 g/mol. The quantitative estimate of drug-likeness (QED) is 0.0204. The van der Waals surface area contributed by atoms with Gasteiger partial charge < -0.3 is 65.1 Å². The van der Waals surface area contributed by atoms with Gasteiger partial charge in [0.05, 0.1) is 32.0 Å². The SMILES string of the molecule is CC/C=C\C/C=C\C/C=C\C/C=C\C/C=C\C/C=C\CCCCCCCCC(=O)NC(COC1OC(CO)C(OC2OC(CO)C(O)C(O)C2O)C(O)C1O)C(O)/C=C/CCCCCCCCCCCCCCCCCCCCCCCCCCCCCC. The normalized spacial score (nSPS) is 23.5. The first kappa shape index (κ1) is 82.3. The van der Waals surface area contributed by atoms with Gasteiger partial charge in [-0.1, -0.05) is 298 Å². The molecule has 516 valence electrons. The number of aliphatic hydroxyl groups excluding tert-OH is 8. The van der Waals surface area contributed by atoms with Gasteiger partial charge in [-0.15, -0.1) is 0 Å². The molecule has 2 rings (SSSR count). The summed E-state index contributed by atoms with van der Waals surface area (Å²) < 4.78 is 22.9. The molecule has 2 saturated heterocycles. The van der Waals surface area contributed by atoms with E-state index in [1.54, 1.807) is 6.08 Å². The minimum atomic E-state index is -1.79. The molecule has 1 amide bonds. The van der Waals surface area contributed by atoms with Crippen LogP contribution in [0.5, 0.6) is 0 Å². The summed E-state index contributed by atoms with van der Waals surface area (Å²) >= 11 is 0. The van der Waals surface area contributed by atoms with Crippen LogP contribution in [0.3, 0.4) is 0 Å². The van der Waals surface area contributed by atoms with E-state index >= 15 is 0 Å². The predicted octanol–water partition coefficient (Wildman–Crippen LogP) is 15.2. The number of hydrogen-bond donors (Lipinski definition) is 9. The molecule has 14 nitrogen and oxygen atoms in total. The summed E-state index contributed by atoms with van der Waals surface area (Å²) in [5.74, 6) is -0.254. The molecule has 0 spiro atoms. The lowest BCUT2D eigenvalue weighted by molar-refractivity contribution is -0.359. The molecular weight excluding hydrogens is 1120 g/mol. The maximum Gasteiger partial charge on any atom is 0.220 e. The van der Waals surface area contributed by atoms with Crippen LogP contribution < -0.4 is 5.32 Å². The highest BCUT2D eigenvalue weighted by Gasteiger charge is 2.51. The fraction of sp³-hybridized carbons (Fsp3) is 0.800. The summed E-state index contributed by atoms with van der Waals surface area (Å²) in [5, 5.41) is 87.5. The van der Waals surface area contributed by atoms with Gasteiger partial charge in [0.25, 0.3) is 0 Å². The molecule has 0 aromatic heterocycles. The van der Waals surface area contributed by atoms with E-state index in [0.29, 0.717) is 6.42 Å². The van der Waals surface area contributed by atoms with Crippen molar-refractivity contribution in [2.45, 2.75) is 364 Å². The van der Waals surface area contributed by atoms with Gasteiger partial charge in [-0.2, -0.15) is 0 Å². The van der Waals surface area contributed by atoms with Crippen LogP contribution in [0.25, 0.3) is 0 Å². The van der Waals surface area contributed by atoms with Gasteiger partial charge in [0.1, 0.15) is 48.8 Å². The molecule has 0 aliphatic carbocycles. The van der Waals surface area contributed by atoms with E-state index in [9.17, 15) is 45.6 Å². The first-order valence-corrected chi connectivity index (χ1v) is 36.3. The second kappa shape index (κ2) is 59.0. The lowest BCUT2D eigenvalue weighted by atomic mass is 9.97. The number of carbonyl (C=O) groups excluding carboxylic acids is 1. The Balaban J connectivity index is 1.68. The average Bonchev–Trinajstić information content (AvgIpc) is 1.37. The Morgan fingerprint density at radius 3 is 1.19 bits per heavy atom. The van der Waals surface area contributed by atoms with Gasteiger partial charge in [0.2, 0.25) is 5.91 Å². The van der Waals surface area contributed by atoms with Crippen LogP contribution in [0.1, 0.15) is 290 Å². The zero-order valence-electron chi connectivity index (χ0n) is 56.2. The van der Waals surface area contributed by atoms with E-state index < -0.39 is 86.8 Å². The number of aliphatic hydroxyl groups is 8. The Hall–Kier alpha value is -2.83. The van der Waals surface area contributed by atoms with Gasteiger partial charge in [-0.05, 0) is 70.6 Å². The van der Waals surface area contributed by atoms with E-state index in [2.05, 4.69) is 92.1 Å². The summed E-state index contributed by atoms with van der Waals surface area (Å²) in [6, 6.07) is -0.931. The van der Waals surface area contributed by atoms with Crippen molar-refractivity contribution in [2.75, 3.05) is 19.8 Å². The molecule has 0 radical (unpaired) electrons. The highest BCUT2D eigenvalue weighted by atomic mass is 16.7. The summed E-state index contributed by atoms with van der Waals surface area (Å²) in [5.41, 5.74) is 0. The minimum absolute atomic E-state index is 0.254. The van der Waals surface area contributed by atoms with Crippen molar-refractivity contribution in [1.82, 2.24) is 5.32 Å². The van der Waals surface area contributed by atoms with E-state index in [1.807, 2.05) is 6.08 Å². The fourth-order valence-electron chi connectivity index (χ4n) is 11.6. The Kier molecular flexibility index (Phi) is 54.5. The van der Waals surface area contributed by atoms with Gasteiger partial charge in [-0.25, -0.2) is 0 Å². The molecule has 2 aliphatic rings. The second-order valence-corrected chi connectivity index (χ2v) is 25.3. The van der Waals surface area contributed by atoms with Crippen molar-refractivity contribution in [3.05, 3.63) is 85.1 Å². The molecule has 0 bridgehead atoms. The number of rotatable bonds is 59. The van der Waals surface area contributed by atoms with E-state index in [1.165, 1.54) is 167 Å². The molecule has 12 unspecified atom stereocenters. The smallest absolute Gasteiger partial charge is 0.220 e. The van der Waals surface area contributed by atoms with Gasteiger partial charge in [0, 0.05) is 6.42 Å². The number of allylic oxidation sites excluding steroid dienone is 13. The third-order valence-electron chi connectivity index (χ3n) is 17.3. The number of nitrogens with one attached hydrogen (secondary N) is 1. The Morgan fingerprint density at radius 2 is 0.775 bits per heavy atom. The van der Waals surface area contributed by atoms with Crippen LogP contribution in [-0.2, 0) is 23.7 Å². The van der Waals surface area contributed by atoms with Gasteiger partial charge in [0.15, 0.2) is 12.6 Å². The lowest BCUT2D eigenvalue weighted by Gasteiger charge is -2.46. The zero-order valence-corrected chi connectivity index (χ0v) is 56.2. The van der Waals surface area contributed by atoms with Crippen molar-refractivity contribution >= 4 is 5.91 Å². The number of hydrogen-bond acceptors (Lipinski definition) is 13. The largest absolute Gasteiger partial charge is 0.394 e. The van der Waals surface area contributed by atoms with Gasteiger partial charge in [-0.3, -0.25) is 4.79 Å². The van der Waals surface area contributed by atoms with Crippen LogP contribution >= 0.6 is 0 Å². The summed E-state index contributed by atoms with van der Waals surface area (Å²) in [6.45, 7) is 2.70. The molecule has 9 N–H and O–H groups in total. The first-order valence-electron chi connectivity index (χ1n) is 36.3. The van der Waals surface area contributed by atoms with Crippen LogP contribution in [0.15, 0.2) is 85.1 Å². The molecule has 89 heavy (non-hydrogen) atoms. The molecular formula is C75H133NO13. The monoisotopic (exact) mass is 1260 g/mol. The Bertz CT molecular complexity index is 1820. The Morgan fingerprint density at radius 1 is 0.416 bits per heavy atom. The first-order chi connectivity index (χ1) is 43.6. The molecule has 0 saturated carbocycles. The highest BCUT2D eigenvalue weighted by Crippen LogP contribution is 2.30. The molecule has 12 atom stereocenters. The summed E-state index contributed by atoms with van der Waals surface area (Å²) in [7, 11) is 0. The molecule has 2 fully saturated rings. The van der Waals surface area contributed by atoms with Crippen molar-refractivity contribution < 1.29 is 64.6 Å². The van der Waals surface area contributed by atoms with Crippen molar-refractivity contribution in [2.24, 2.45) is 0 Å². The highest BCUT2D eigenvalue weighted by molar-refractivity contribution is 5.76. The number of carbonyl (C=O) groups is 1. The molecule has 2 heterocycles.